The largest absolute Gasteiger partial charge is 0.489 e. The van der Waals surface area contributed by atoms with E-state index in [1.54, 1.807) is 36.4 Å². The monoisotopic (exact) mass is 469 g/mol. The van der Waals surface area contributed by atoms with Gasteiger partial charge in [-0.05, 0) is 72.6 Å². The molecule has 0 bridgehead atoms. The summed E-state index contributed by atoms with van der Waals surface area (Å²) in [7, 11) is 0. The number of carbonyl (C=O) groups excluding carboxylic acids is 3. The van der Waals surface area contributed by atoms with E-state index in [2.05, 4.69) is 16.2 Å². The molecule has 0 aliphatic rings. The zero-order chi connectivity index (χ0) is 23.8. The van der Waals surface area contributed by atoms with Crippen LogP contribution in [0.1, 0.15) is 31.8 Å². The van der Waals surface area contributed by atoms with Gasteiger partial charge in [0.15, 0.2) is 0 Å². The van der Waals surface area contributed by atoms with E-state index in [1.807, 2.05) is 13.0 Å². The molecule has 0 unspecified atom stereocenters. The molecule has 0 aromatic heterocycles. The van der Waals surface area contributed by atoms with Crippen molar-refractivity contribution in [3.8, 4) is 5.75 Å². The Balaban J connectivity index is 1.42. The fourth-order valence-corrected chi connectivity index (χ4v) is 2.85. The number of rotatable bonds is 7. The van der Waals surface area contributed by atoms with Crippen LogP contribution in [-0.2, 0) is 11.4 Å². The number of aryl methyl sites for hydroxylation is 1. The lowest BCUT2D eigenvalue weighted by Gasteiger charge is -2.10. The van der Waals surface area contributed by atoms with E-state index in [-0.39, 0.29) is 12.1 Å². The molecule has 3 aromatic rings. The Morgan fingerprint density at radius 2 is 1.52 bits per heavy atom. The van der Waals surface area contributed by atoms with Gasteiger partial charge in [0.25, 0.3) is 17.7 Å². The molecule has 0 saturated carbocycles. The highest BCUT2D eigenvalue weighted by atomic mass is 35.5. The lowest BCUT2D eigenvalue weighted by molar-refractivity contribution is -0.120. The molecule has 3 N–H and O–H groups in total. The Bertz CT molecular complexity index is 1150. The molecule has 0 aliphatic carbocycles. The summed E-state index contributed by atoms with van der Waals surface area (Å²) in [6.07, 6.45) is 0. The molecule has 0 heterocycles. The van der Waals surface area contributed by atoms with Crippen LogP contribution in [0.2, 0.25) is 5.02 Å². The van der Waals surface area contributed by atoms with Crippen molar-refractivity contribution >= 4 is 29.3 Å². The second-order valence-electron chi connectivity index (χ2n) is 7.09. The van der Waals surface area contributed by atoms with Gasteiger partial charge in [0.2, 0.25) is 0 Å². The number of amides is 3. The number of hydrogen-bond donors (Lipinski definition) is 3. The van der Waals surface area contributed by atoms with E-state index in [0.29, 0.717) is 22.9 Å². The predicted octanol–water partition coefficient (Wildman–Crippen LogP) is 3.56. The van der Waals surface area contributed by atoms with Gasteiger partial charge in [0.1, 0.15) is 18.2 Å². The second-order valence-corrected chi connectivity index (χ2v) is 7.50. The molecular formula is C24H21ClFN3O4. The highest BCUT2D eigenvalue weighted by molar-refractivity contribution is 6.31. The van der Waals surface area contributed by atoms with Crippen molar-refractivity contribution in [2.45, 2.75) is 13.5 Å². The number of halogens is 2. The first-order valence-electron chi connectivity index (χ1n) is 9.92. The molecule has 3 rings (SSSR count). The van der Waals surface area contributed by atoms with Crippen LogP contribution in [0, 0.1) is 12.7 Å². The van der Waals surface area contributed by atoms with Crippen LogP contribution >= 0.6 is 11.6 Å². The van der Waals surface area contributed by atoms with E-state index in [9.17, 15) is 18.8 Å². The summed E-state index contributed by atoms with van der Waals surface area (Å²) in [6.45, 7) is 1.84. The van der Waals surface area contributed by atoms with Gasteiger partial charge in [-0.15, -0.1) is 0 Å². The fourth-order valence-electron chi connectivity index (χ4n) is 2.73. The summed E-state index contributed by atoms with van der Waals surface area (Å²) >= 11 is 6.00. The number of nitrogens with one attached hydrogen (secondary N) is 3. The molecule has 7 nitrogen and oxygen atoms in total. The molecule has 0 spiro atoms. The molecule has 0 aliphatic heterocycles. The van der Waals surface area contributed by atoms with Crippen LogP contribution in [0.15, 0.2) is 66.7 Å². The topological polar surface area (TPSA) is 96.5 Å². The van der Waals surface area contributed by atoms with Crippen LogP contribution in [-0.4, -0.2) is 24.3 Å². The van der Waals surface area contributed by atoms with Gasteiger partial charge in [-0.3, -0.25) is 25.2 Å². The number of carbonyl (C=O) groups is 3. The van der Waals surface area contributed by atoms with Crippen molar-refractivity contribution in [3.05, 3.63) is 99.8 Å². The summed E-state index contributed by atoms with van der Waals surface area (Å²) in [5.41, 5.74) is 6.81. The van der Waals surface area contributed by atoms with Crippen LogP contribution < -0.4 is 20.9 Å². The number of hydrazine groups is 1. The average molecular weight is 470 g/mol. The summed E-state index contributed by atoms with van der Waals surface area (Å²) < 4.78 is 18.6. The van der Waals surface area contributed by atoms with Crippen molar-refractivity contribution in [2.24, 2.45) is 0 Å². The summed E-state index contributed by atoms with van der Waals surface area (Å²) in [5, 5.41) is 3.04. The van der Waals surface area contributed by atoms with E-state index in [0.717, 1.165) is 23.3 Å². The van der Waals surface area contributed by atoms with E-state index >= 15 is 0 Å². The van der Waals surface area contributed by atoms with Crippen LogP contribution in [0.3, 0.4) is 0 Å². The third kappa shape index (κ3) is 7.05. The predicted molar refractivity (Wildman–Crippen MR) is 121 cm³/mol. The maximum atomic E-state index is 12.9. The van der Waals surface area contributed by atoms with Crippen LogP contribution in [0.5, 0.6) is 5.75 Å². The highest BCUT2D eigenvalue weighted by Crippen LogP contribution is 2.21. The van der Waals surface area contributed by atoms with E-state index in [4.69, 9.17) is 16.3 Å². The highest BCUT2D eigenvalue weighted by Gasteiger charge is 2.10. The van der Waals surface area contributed by atoms with Gasteiger partial charge in [0.05, 0.1) is 6.54 Å². The van der Waals surface area contributed by atoms with Crippen LogP contribution in [0.4, 0.5) is 4.39 Å². The van der Waals surface area contributed by atoms with E-state index < -0.39 is 23.5 Å². The minimum absolute atomic E-state index is 0.212. The Kier molecular flexibility index (Phi) is 7.99. The van der Waals surface area contributed by atoms with Gasteiger partial charge in [-0.25, -0.2) is 4.39 Å². The summed E-state index contributed by atoms with van der Waals surface area (Å²) in [4.78, 5) is 36.0. The number of benzene rings is 3. The molecule has 0 radical (unpaired) electrons. The van der Waals surface area contributed by atoms with Crippen molar-refractivity contribution < 1.29 is 23.5 Å². The molecule has 0 saturated heterocycles. The third-order valence-corrected chi connectivity index (χ3v) is 5.01. The fraction of sp³-hybridized carbons (Fsp3) is 0.125. The molecule has 33 heavy (non-hydrogen) atoms. The minimum atomic E-state index is -0.623. The zero-order valence-corrected chi connectivity index (χ0v) is 18.4. The number of hydrogen-bond acceptors (Lipinski definition) is 4. The lowest BCUT2D eigenvalue weighted by atomic mass is 10.1. The second kappa shape index (κ2) is 11.1. The molecule has 0 fully saturated rings. The quantitative estimate of drug-likeness (QED) is 0.461. The van der Waals surface area contributed by atoms with E-state index in [1.165, 1.54) is 12.1 Å². The first-order valence-corrected chi connectivity index (χ1v) is 10.3. The average Bonchev–Trinajstić information content (AvgIpc) is 2.82. The zero-order valence-electron chi connectivity index (χ0n) is 17.7. The molecule has 9 heteroatoms. The first kappa shape index (κ1) is 23.7. The lowest BCUT2D eigenvalue weighted by Crippen LogP contribution is -2.46. The maximum Gasteiger partial charge on any atom is 0.269 e. The van der Waals surface area contributed by atoms with Crippen molar-refractivity contribution in [1.29, 1.82) is 0 Å². The van der Waals surface area contributed by atoms with Gasteiger partial charge < -0.3 is 10.1 Å². The van der Waals surface area contributed by atoms with Gasteiger partial charge >= 0.3 is 0 Å². The molecule has 170 valence electrons. The molecular weight excluding hydrogens is 449 g/mol. The molecule has 3 amide bonds. The van der Waals surface area contributed by atoms with Gasteiger partial charge in [0, 0.05) is 16.1 Å². The summed E-state index contributed by atoms with van der Waals surface area (Å²) in [5.74, 6) is -1.46. The Morgan fingerprint density at radius 3 is 2.18 bits per heavy atom. The van der Waals surface area contributed by atoms with Crippen molar-refractivity contribution in [3.63, 3.8) is 0 Å². The molecule has 3 aromatic carbocycles. The third-order valence-electron chi connectivity index (χ3n) is 4.58. The smallest absolute Gasteiger partial charge is 0.269 e. The minimum Gasteiger partial charge on any atom is -0.489 e. The van der Waals surface area contributed by atoms with Crippen LogP contribution in [0.25, 0.3) is 0 Å². The normalized spacial score (nSPS) is 10.3. The maximum absolute atomic E-state index is 12.9. The van der Waals surface area contributed by atoms with Gasteiger partial charge in [-0.2, -0.15) is 0 Å². The standard InChI is InChI=1S/C24H21ClFN3O4/c1-15-12-20(10-11-21(15)25)33-14-16-2-4-18(5-3-16)24(32)29-28-22(30)13-27-23(31)17-6-8-19(26)9-7-17/h2-12H,13-14H2,1H3,(H,27,31)(H,28,30)(H,29,32). The van der Waals surface area contributed by atoms with Crippen molar-refractivity contribution in [2.75, 3.05) is 6.54 Å². The number of ether oxygens (including phenoxy) is 1. The summed E-state index contributed by atoms with van der Waals surface area (Å²) in [6, 6.07) is 17.0. The Labute approximate surface area is 194 Å². The van der Waals surface area contributed by atoms with Gasteiger partial charge in [-0.1, -0.05) is 23.7 Å². The van der Waals surface area contributed by atoms with Crippen molar-refractivity contribution in [1.82, 2.24) is 16.2 Å². The SMILES string of the molecule is Cc1cc(OCc2ccc(C(=O)NNC(=O)CNC(=O)c3ccc(F)cc3)cc2)ccc1Cl. The Hall–Kier alpha value is -3.91. The Morgan fingerprint density at radius 1 is 0.879 bits per heavy atom. The molecule has 0 atom stereocenters. The first-order chi connectivity index (χ1) is 15.8.